The number of ether oxygens (including phenoxy) is 1. The van der Waals surface area contributed by atoms with Crippen LogP contribution < -0.4 is 5.32 Å². The third-order valence-corrected chi connectivity index (χ3v) is 17.3. The lowest BCUT2D eigenvalue weighted by Gasteiger charge is -2.22. The molecule has 0 bridgehead atoms. The number of amides is 1. The summed E-state index contributed by atoms with van der Waals surface area (Å²) >= 11 is 0. The number of carbonyl (C=O) groups excluding carboxylic acids is 2. The van der Waals surface area contributed by atoms with Crippen molar-refractivity contribution >= 4 is 11.9 Å². The zero-order chi connectivity index (χ0) is 57.1. The van der Waals surface area contributed by atoms with E-state index in [1.165, 1.54) is 347 Å². The van der Waals surface area contributed by atoms with Crippen molar-refractivity contribution in [2.45, 2.75) is 431 Å². The molecule has 0 aliphatic carbocycles. The van der Waals surface area contributed by atoms with E-state index in [0.29, 0.717) is 25.9 Å². The molecule has 6 heteroatoms. The molecule has 2 atom stereocenters. The number of allylic oxidation sites excluding steroid dienone is 2. The van der Waals surface area contributed by atoms with Crippen LogP contribution in [0.4, 0.5) is 0 Å². The number of aliphatic hydroxyl groups is 2. The first kappa shape index (κ1) is 77.6. The summed E-state index contributed by atoms with van der Waals surface area (Å²) in [6, 6.07) is -0.545. The molecule has 0 aromatic carbocycles. The fourth-order valence-electron chi connectivity index (χ4n) is 11.8. The number of nitrogens with one attached hydrogen (secondary N) is 1. The molecule has 0 spiro atoms. The first-order chi connectivity index (χ1) is 39.0. The van der Waals surface area contributed by atoms with E-state index in [1.54, 1.807) is 0 Å². The van der Waals surface area contributed by atoms with Crippen LogP contribution in [0.3, 0.4) is 0 Å². The third-order valence-electron chi connectivity index (χ3n) is 17.3. The Bertz CT molecular complexity index is 1190. The van der Waals surface area contributed by atoms with E-state index in [-0.39, 0.29) is 18.5 Å². The Balaban J connectivity index is 3.39. The SMILES string of the molecule is CCCCCCCCCCCCCCCCCCCCCCCCCC(O)C(CO)NC(=O)CCCCCCCCCC/C=C\CCCCCCCCCCCCCCOC(=O)CCCCCCCCCCCCCCCCC. The van der Waals surface area contributed by atoms with Gasteiger partial charge in [0, 0.05) is 12.8 Å². The highest BCUT2D eigenvalue weighted by Gasteiger charge is 2.20. The molecule has 0 aliphatic heterocycles. The minimum atomic E-state index is -0.668. The van der Waals surface area contributed by atoms with Gasteiger partial charge in [-0.1, -0.05) is 366 Å². The minimum absolute atomic E-state index is 0.0167. The average Bonchev–Trinajstić information content (AvgIpc) is 3.45. The van der Waals surface area contributed by atoms with Crippen molar-refractivity contribution in [1.29, 1.82) is 0 Å². The van der Waals surface area contributed by atoms with Crippen molar-refractivity contribution in [1.82, 2.24) is 5.32 Å². The van der Waals surface area contributed by atoms with Crippen LogP contribution in [0.25, 0.3) is 0 Å². The molecule has 0 heterocycles. The van der Waals surface area contributed by atoms with Crippen LogP contribution in [-0.2, 0) is 14.3 Å². The second-order valence-corrected chi connectivity index (χ2v) is 25.3. The summed E-state index contributed by atoms with van der Waals surface area (Å²) in [4.78, 5) is 24.6. The van der Waals surface area contributed by atoms with Gasteiger partial charge in [0.2, 0.25) is 5.91 Å². The maximum Gasteiger partial charge on any atom is 0.305 e. The smallest absolute Gasteiger partial charge is 0.305 e. The average molecular weight is 1110 g/mol. The number of unbranched alkanes of at least 4 members (excludes halogenated alkanes) is 56. The van der Waals surface area contributed by atoms with Crippen molar-refractivity contribution in [2.24, 2.45) is 0 Å². The minimum Gasteiger partial charge on any atom is -0.466 e. The molecular formula is C73H143NO5. The molecule has 0 saturated heterocycles. The van der Waals surface area contributed by atoms with E-state index < -0.39 is 12.1 Å². The van der Waals surface area contributed by atoms with Crippen molar-refractivity contribution in [3.8, 4) is 0 Å². The summed E-state index contributed by atoms with van der Waals surface area (Å²) in [6.07, 6.45) is 85.5. The number of esters is 1. The van der Waals surface area contributed by atoms with Gasteiger partial charge in [0.1, 0.15) is 0 Å². The maximum absolute atomic E-state index is 12.6. The van der Waals surface area contributed by atoms with Crippen LogP contribution in [0.15, 0.2) is 12.2 Å². The third kappa shape index (κ3) is 65.6. The molecule has 3 N–H and O–H groups in total. The van der Waals surface area contributed by atoms with Gasteiger partial charge in [0.15, 0.2) is 0 Å². The maximum atomic E-state index is 12.6. The number of aliphatic hydroxyl groups excluding tert-OH is 2. The van der Waals surface area contributed by atoms with Gasteiger partial charge in [0.25, 0.3) is 0 Å². The van der Waals surface area contributed by atoms with Crippen LogP contribution in [0.2, 0.25) is 0 Å². The van der Waals surface area contributed by atoms with Gasteiger partial charge < -0.3 is 20.3 Å². The Kier molecular flexibility index (Phi) is 67.9. The molecular weight excluding hydrogens is 971 g/mol. The molecule has 1 amide bonds. The van der Waals surface area contributed by atoms with E-state index >= 15 is 0 Å². The van der Waals surface area contributed by atoms with E-state index in [0.717, 1.165) is 38.5 Å². The van der Waals surface area contributed by atoms with Gasteiger partial charge >= 0.3 is 5.97 Å². The van der Waals surface area contributed by atoms with Crippen LogP contribution in [0, 0.1) is 0 Å². The zero-order valence-corrected chi connectivity index (χ0v) is 53.9. The van der Waals surface area contributed by atoms with E-state index in [1.807, 2.05) is 0 Å². The van der Waals surface area contributed by atoms with E-state index in [2.05, 4.69) is 31.3 Å². The normalized spacial score (nSPS) is 12.5. The van der Waals surface area contributed by atoms with Crippen LogP contribution in [0.5, 0.6) is 0 Å². The Hall–Kier alpha value is -1.40. The second-order valence-electron chi connectivity index (χ2n) is 25.3. The van der Waals surface area contributed by atoms with E-state index in [4.69, 9.17) is 4.74 Å². The van der Waals surface area contributed by atoms with Crippen molar-refractivity contribution in [3.63, 3.8) is 0 Å². The van der Waals surface area contributed by atoms with Crippen LogP contribution in [-0.4, -0.2) is 47.4 Å². The lowest BCUT2D eigenvalue weighted by molar-refractivity contribution is -0.143. The van der Waals surface area contributed by atoms with E-state index in [9.17, 15) is 19.8 Å². The molecule has 0 aromatic heterocycles. The number of hydrogen-bond donors (Lipinski definition) is 3. The van der Waals surface area contributed by atoms with Gasteiger partial charge in [-0.25, -0.2) is 0 Å². The summed E-state index contributed by atoms with van der Waals surface area (Å²) < 4.78 is 5.50. The molecule has 0 aliphatic rings. The Labute approximate surface area is 495 Å². The Morgan fingerprint density at radius 2 is 0.595 bits per heavy atom. The Morgan fingerprint density at radius 3 is 0.899 bits per heavy atom. The van der Waals surface area contributed by atoms with Gasteiger partial charge in [-0.15, -0.1) is 0 Å². The molecule has 0 radical (unpaired) electrons. The van der Waals surface area contributed by atoms with Crippen molar-refractivity contribution in [3.05, 3.63) is 12.2 Å². The first-order valence-corrected chi connectivity index (χ1v) is 36.4. The molecule has 0 fully saturated rings. The van der Waals surface area contributed by atoms with Crippen LogP contribution >= 0.6 is 0 Å². The summed E-state index contributed by atoms with van der Waals surface area (Å²) in [5, 5.41) is 23.4. The van der Waals surface area contributed by atoms with Gasteiger partial charge in [-0.2, -0.15) is 0 Å². The second kappa shape index (κ2) is 69.1. The summed E-state index contributed by atoms with van der Waals surface area (Å²) in [7, 11) is 0. The van der Waals surface area contributed by atoms with Gasteiger partial charge in [0.05, 0.1) is 25.4 Å². The van der Waals surface area contributed by atoms with Crippen LogP contribution in [0.1, 0.15) is 418 Å². The highest BCUT2D eigenvalue weighted by atomic mass is 16.5. The lowest BCUT2D eigenvalue weighted by Crippen LogP contribution is -2.45. The quantitative estimate of drug-likeness (QED) is 0.0320. The zero-order valence-electron chi connectivity index (χ0n) is 53.9. The summed E-state index contributed by atoms with van der Waals surface area (Å²) in [5.74, 6) is -0.0174. The standard InChI is InChI=1S/C73H143NO5/c1-3-5-7-9-11-13-15-17-19-20-21-22-25-28-31-34-38-41-45-49-53-57-61-65-71(76)70(69-75)74-72(77)66-62-58-54-50-46-42-39-35-32-29-26-23-24-27-30-33-36-40-44-48-52-56-60-64-68-79-73(78)67-63-59-55-51-47-43-37-18-16-14-12-10-8-6-4-2/h26,29,70-71,75-76H,3-25,27-28,30-69H2,1-2H3,(H,74,77)/b29-26-. The lowest BCUT2D eigenvalue weighted by atomic mass is 10.0. The fourth-order valence-corrected chi connectivity index (χ4v) is 11.8. The predicted molar refractivity (Wildman–Crippen MR) is 347 cm³/mol. The molecule has 2 unspecified atom stereocenters. The highest BCUT2D eigenvalue weighted by Crippen LogP contribution is 2.19. The van der Waals surface area contributed by atoms with Gasteiger partial charge in [-0.05, 0) is 51.4 Å². The predicted octanol–water partition coefficient (Wildman–Crippen LogP) is 23.5. The highest BCUT2D eigenvalue weighted by molar-refractivity contribution is 5.76. The topological polar surface area (TPSA) is 95.9 Å². The molecule has 0 saturated carbocycles. The summed E-state index contributed by atoms with van der Waals surface area (Å²) in [5.41, 5.74) is 0. The number of rotatable bonds is 69. The molecule has 6 nitrogen and oxygen atoms in total. The molecule has 0 rings (SSSR count). The molecule has 470 valence electrons. The number of carbonyl (C=O) groups is 2. The Morgan fingerprint density at radius 1 is 0.342 bits per heavy atom. The van der Waals surface area contributed by atoms with Crippen molar-refractivity contribution in [2.75, 3.05) is 13.2 Å². The molecule has 0 aromatic rings. The fraction of sp³-hybridized carbons (Fsp3) is 0.945. The summed E-state index contributed by atoms with van der Waals surface area (Å²) in [6.45, 7) is 5.00. The van der Waals surface area contributed by atoms with Gasteiger partial charge in [-0.3, -0.25) is 9.59 Å². The number of hydrogen-bond acceptors (Lipinski definition) is 5. The van der Waals surface area contributed by atoms with Crippen molar-refractivity contribution < 1.29 is 24.5 Å². The largest absolute Gasteiger partial charge is 0.466 e. The first-order valence-electron chi connectivity index (χ1n) is 36.4. The monoisotopic (exact) mass is 1110 g/mol. The molecule has 79 heavy (non-hydrogen) atoms.